The van der Waals surface area contributed by atoms with Gasteiger partial charge in [0.1, 0.15) is 0 Å². The molecule has 0 amide bonds. The third-order valence-corrected chi connectivity index (χ3v) is 4.26. The summed E-state index contributed by atoms with van der Waals surface area (Å²) < 4.78 is 0. The normalized spacial score (nSPS) is 21.6. The van der Waals surface area contributed by atoms with Gasteiger partial charge in [-0.2, -0.15) is 0 Å². The predicted octanol–water partition coefficient (Wildman–Crippen LogP) is 3.50. The van der Waals surface area contributed by atoms with Crippen LogP contribution in [-0.4, -0.2) is 23.3 Å². The molecule has 3 rings (SSSR count). The van der Waals surface area contributed by atoms with Gasteiger partial charge in [0, 0.05) is 24.7 Å². The van der Waals surface area contributed by atoms with Gasteiger partial charge in [-0.25, -0.2) is 0 Å². The molecule has 1 unspecified atom stereocenters. The topological polar surface area (TPSA) is 20.3 Å². The van der Waals surface area contributed by atoms with Gasteiger partial charge < -0.3 is 4.90 Å². The van der Waals surface area contributed by atoms with E-state index >= 15 is 0 Å². The summed E-state index contributed by atoms with van der Waals surface area (Å²) in [6.45, 7) is 3.26. The van der Waals surface area contributed by atoms with E-state index in [9.17, 15) is 4.79 Å². The molecule has 1 heterocycles. The molecule has 0 N–H and O–H groups in total. The van der Waals surface area contributed by atoms with Crippen molar-refractivity contribution in [3.63, 3.8) is 0 Å². The first kappa shape index (κ1) is 13.2. The highest BCUT2D eigenvalue weighted by Gasteiger charge is 2.32. The maximum atomic E-state index is 11.9. The number of carbonyl (C=O) groups excluding carboxylic acids is 1. The van der Waals surface area contributed by atoms with Crippen LogP contribution in [0.4, 0.5) is 0 Å². The Kier molecular flexibility index (Phi) is 3.72. The summed E-state index contributed by atoms with van der Waals surface area (Å²) in [5, 5.41) is 0. The minimum atomic E-state index is 0.325. The summed E-state index contributed by atoms with van der Waals surface area (Å²) in [4.78, 5) is 14.4. The highest BCUT2D eigenvalue weighted by Crippen LogP contribution is 2.34. The molecule has 1 aliphatic carbocycles. The van der Waals surface area contributed by atoms with Crippen LogP contribution in [0.25, 0.3) is 0 Å². The molecule has 104 valence electrons. The molecule has 1 aromatic carbocycles. The summed E-state index contributed by atoms with van der Waals surface area (Å²) >= 11 is 0. The van der Waals surface area contributed by atoms with Gasteiger partial charge in [-0.3, -0.25) is 4.79 Å². The fourth-order valence-electron chi connectivity index (χ4n) is 3.28. The Bertz CT molecular complexity index is 556. The van der Waals surface area contributed by atoms with Crippen molar-refractivity contribution in [2.75, 3.05) is 6.54 Å². The molecule has 2 nitrogen and oxygen atoms in total. The van der Waals surface area contributed by atoms with E-state index in [0.717, 1.165) is 31.4 Å². The molecule has 0 spiro atoms. The van der Waals surface area contributed by atoms with Gasteiger partial charge in [0.2, 0.25) is 0 Å². The van der Waals surface area contributed by atoms with Crippen LogP contribution < -0.4 is 0 Å². The van der Waals surface area contributed by atoms with Gasteiger partial charge in [-0.15, -0.1) is 0 Å². The van der Waals surface area contributed by atoms with E-state index in [1.165, 1.54) is 11.1 Å². The lowest BCUT2D eigenvalue weighted by Gasteiger charge is -2.35. The lowest BCUT2D eigenvalue weighted by Crippen LogP contribution is -2.37. The first-order valence-electron chi connectivity index (χ1n) is 7.53. The van der Waals surface area contributed by atoms with Gasteiger partial charge in [0.25, 0.3) is 0 Å². The van der Waals surface area contributed by atoms with E-state index in [0.29, 0.717) is 18.2 Å². The van der Waals surface area contributed by atoms with Crippen LogP contribution in [-0.2, 0) is 11.2 Å². The van der Waals surface area contributed by atoms with Crippen LogP contribution in [0.15, 0.2) is 53.8 Å². The first-order valence-corrected chi connectivity index (χ1v) is 7.53. The number of benzene rings is 1. The van der Waals surface area contributed by atoms with E-state index < -0.39 is 0 Å². The molecule has 1 atom stereocenters. The van der Waals surface area contributed by atoms with Crippen molar-refractivity contribution in [1.29, 1.82) is 0 Å². The highest BCUT2D eigenvalue weighted by molar-refractivity contribution is 6.01. The van der Waals surface area contributed by atoms with Crippen molar-refractivity contribution < 1.29 is 4.79 Å². The molecule has 2 heteroatoms. The smallest absolute Gasteiger partial charge is 0.163 e. The monoisotopic (exact) mass is 267 g/mol. The molecule has 2 aliphatic rings. The average Bonchev–Trinajstić information content (AvgIpc) is 2.85. The average molecular weight is 267 g/mol. The van der Waals surface area contributed by atoms with Crippen LogP contribution in [0.5, 0.6) is 0 Å². The molecule has 0 bridgehead atoms. The minimum absolute atomic E-state index is 0.325. The van der Waals surface area contributed by atoms with E-state index in [1.54, 1.807) is 0 Å². The van der Waals surface area contributed by atoms with Gasteiger partial charge in [-0.05, 0) is 36.5 Å². The van der Waals surface area contributed by atoms with Crippen LogP contribution in [0.3, 0.4) is 0 Å². The maximum absolute atomic E-state index is 11.9. The third kappa shape index (κ3) is 2.43. The van der Waals surface area contributed by atoms with E-state index in [1.807, 2.05) is 6.08 Å². The van der Waals surface area contributed by atoms with Gasteiger partial charge >= 0.3 is 0 Å². The number of allylic oxidation sites excluding steroid dienone is 2. The molecule has 0 saturated carbocycles. The van der Waals surface area contributed by atoms with E-state index in [-0.39, 0.29) is 0 Å². The standard InChI is InChI=1S/C18H21NO/c1-2-11-19-12-10-16-15(8-9-18(16)20)17(19)13-14-6-4-3-5-7-14/h3-7,10,12,17H,2,8-9,11,13H2,1H3. The molecule has 1 aliphatic heterocycles. The second-order valence-electron chi connectivity index (χ2n) is 5.62. The maximum Gasteiger partial charge on any atom is 0.163 e. The summed E-state index contributed by atoms with van der Waals surface area (Å²) in [6, 6.07) is 11.0. The summed E-state index contributed by atoms with van der Waals surface area (Å²) in [5.41, 5.74) is 3.69. The Hall–Kier alpha value is -1.83. The largest absolute Gasteiger partial charge is 0.370 e. The number of carbonyl (C=O) groups is 1. The van der Waals surface area contributed by atoms with Crippen molar-refractivity contribution in [1.82, 2.24) is 4.90 Å². The SMILES string of the molecule is CCCN1C=CC2=C(CCC2=O)C1Cc1ccccc1. The Morgan fingerprint density at radius 3 is 2.75 bits per heavy atom. The highest BCUT2D eigenvalue weighted by atomic mass is 16.1. The zero-order valence-corrected chi connectivity index (χ0v) is 12.0. The molecule has 0 radical (unpaired) electrons. The van der Waals surface area contributed by atoms with Gasteiger partial charge in [0.15, 0.2) is 5.78 Å². The van der Waals surface area contributed by atoms with Crippen molar-refractivity contribution in [3.8, 4) is 0 Å². The third-order valence-electron chi connectivity index (χ3n) is 4.26. The van der Waals surface area contributed by atoms with Gasteiger partial charge in [0.05, 0.1) is 6.04 Å². The predicted molar refractivity (Wildman–Crippen MR) is 81.3 cm³/mol. The molecule has 0 aromatic heterocycles. The van der Waals surface area contributed by atoms with Gasteiger partial charge in [-0.1, -0.05) is 37.3 Å². The summed E-state index contributed by atoms with van der Waals surface area (Å²) in [7, 11) is 0. The number of ketones is 1. The Balaban J connectivity index is 1.88. The zero-order chi connectivity index (χ0) is 13.9. The molecular formula is C18H21NO. The van der Waals surface area contributed by atoms with Crippen LogP contribution >= 0.6 is 0 Å². The van der Waals surface area contributed by atoms with Crippen molar-refractivity contribution in [2.24, 2.45) is 0 Å². The fraction of sp³-hybridized carbons (Fsp3) is 0.389. The Morgan fingerprint density at radius 2 is 2.00 bits per heavy atom. The minimum Gasteiger partial charge on any atom is -0.370 e. The van der Waals surface area contributed by atoms with Crippen molar-refractivity contribution in [2.45, 2.75) is 38.6 Å². The van der Waals surface area contributed by atoms with Crippen LogP contribution in [0.1, 0.15) is 31.7 Å². The molecule has 0 fully saturated rings. The first-order chi connectivity index (χ1) is 9.79. The summed E-state index contributed by atoms with van der Waals surface area (Å²) in [5.74, 6) is 0.325. The lowest BCUT2D eigenvalue weighted by atomic mass is 9.92. The van der Waals surface area contributed by atoms with Crippen molar-refractivity contribution >= 4 is 5.78 Å². The number of rotatable bonds is 4. The molecule has 0 saturated heterocycles. The van der Waals surface area contributed by atoms with Crippen LogP contribution in [0, 0.1) is 0 Å². The second-order valence-corrected chi connectivity index (χ2v) is 5.62. The number of hydrogen-bond donors (Lipinski definition) is 0. The quantitative estimate of drug-likeness (QED) is 0.832. The molecule has 1 aromatic rings. The van der Waals surface area contributed by atoms with E-state index in [2.05, 4.69) is 48.4 Å². The van der Waals surface area contributed by atoms with Crippen molar-refractivity contribution in [3.05, 3.63) is 59.3 Å². The molecule has 20 heavy (non-hydrogen) atoms. The Morgan fingerprint density at radius 1 is 1.20 bits per heavy atom. The molecular weight excluding hydrogens is 246 g/mol. The zero-order valence-electron chi connectivity index (χ0n) is 12.0. The summed E-state index contributed by atoms with van der Waals surface area (Å²) in [6.07, 6.45) is 7.92. The number of Topliss-reactive ketones (excluding diaryl/α,β-unsaturated/α-hetero) is 1. The van der Waals surface area contributed by atoms with E-state index in [4.69, 9.17) is 0 Å². The second kappa shape index (κ2) is 5.66. The number of hydrogen-bond acceptors (Lipinski definition) is 2. The van der Waals surface area contributed by atoms with Crippen LogP contribution in [0.2, 0.25) is 0 Å². The Labute approximate surface area is 120 Å². The number of nitrogens with zero attached hydrogens (tertiary/aromatic N) is 1. The lowest BCUT2D eigenvalue weighted by molar-refractivity contribution is -0.114. The fourth-order valence-corrected chi connectivity index (χ4v) is 3.28.